The zero-order valence-corrected chi connectivity index (χ0v) is 9.49. The lowest BCUT2D eigenvalue weighted by atomic mass is 10.3. The van der Waals surface area contributed by atoms with E-state index in [0.29, 0.717) is 10.8 Å². The number of imidazole rings is 1. The first-order valence-corrected chi connectivity index (χ1v) is 5.35. The Hall–Kier alpha value is -1.06. The maximum absolute atomic E-state index is 9.60. The number of halogens is 1. The van der Waals surface area contributed by atoms with E-state index in [-0.39, 0.29) is 0 Å². The highest BCUT2D eigenvalue weighted by Gasteiger charge is 2.15. The summed E-state index contributed by atoms with van der Waals surface area (Å²) in [4.78, 5) is 4.37. The number of aliphatic hydroxyl groups excluding tert-OH is 1. The van der Waals surface area contributed by atoms with Crippen LogP contribution in [0.25, 0.3) is 11.0 Å². The number of aryl methyl sites for hydroxylation is 1. The summed E-state index contributed by atoms with van der Waals surface area (Å²) in [5, 5.41) is 10.3. The summed E-state index contributed by atoms with van der Waals surface area (Å²) in [5.74, 6) is 0.667. The molecule has 0 aliphatic carbocycles. The third-order valence-electron chi connectivity index (χ3n) is 2.44. The second-order valence-corrected chi connectivity index (χ2v) is 3.91. The summed E-state index contributed by atoms with van der Waals surface area (Å²) < 4.78 is 1.95. The highest BCUT2D eigenvalue weighted by Crippen LogP contribution is 2.26. The molecule has 1 heterocycles. The number of benzene rings is 1. The molecular formula is C11H13ClN2O. The maximum Gasteiger partial charge on any atom is 0.138 e. The molecule has 1 atom stereocenters. The van der Waals surface area contributed by atoms with Crippen molar-refractivity contribution in [2.24, 2.45) is 0 Å². The lowest BCUT2D eigenvalue weighted by Crippen LogP contribution is -2.05. The van der Waals surface area contributed by atoms with E-state index in [0.717, 1.165) is 17.6 Å². The third kappa shape index (κ3) is 1.62. The first-order chi connectivity index (χ1) is 7.15. The molecule has 2 aromatic rings. The van der Waals surface area contributed by atoms with Gasteiger partial charge in [0.05, 0.1) is 16.1 Å². The van der Waals surface area contributed by atoms with Crippen molar-refractivity contribution in [1.29, 1.82) is 0 Å². The average molecular weight is 225 g/mol. The standard InChI is InChI=1S/C11H13ClN2O/c1-3-14-10-8(12)5-4-6-9(10)13-11(14)7(2)15/h4-7,15H,3H2,1-2H3/t7-/m0/s1. The number of nitrogens with zero attached hydrogens (tertiary/aromatic N) is 2. The zero-order chi connectivity index (χ0) is 11.0. The van der Waals surface area contributed by atoms with Crippen molar-refractivity contribution in [3.8, 4) is 0 Å². The molecule has 0 saturated carbocycles. The number of hydrogen-bond donors (Lipinski definition) is 1. The Morgan fingerprint density at radius 1 is 1.53 bits per heavy atom. The Bertz CT molecular complexity index is 491. The summed E-state index contributed by atoms with van der Waals surface area (Å²) in [7, 11) is 0. The Balaban J connectivity index is 2.80. The molecule has 0 bridgehead atoms. The van der Waals surface area contributed by atoms with Gasteiger partial charge in [-0.15, -0.1) is 0 Å². The van der Waals surface area contributed by atoms with E-state index in [1.165, 1.54) is 0 Å². The van der Waals surface area contributed by atoms with Gasteiger partial charge in [-0.1, -0.05) is 17.7 Å². The number of rotatable bonds is 2. The largest absolute Gasteiger partial charge is 0.385 e. The smallest absolute Gasteiger partial charge is 0.138 e. The summed E-state index contributed by atoms with van der Waals surface area (Å²) >= 11 is 6.12. The molecular weight excluding hydrogens is 212 g/mol. The van der Waals surface area contributed by atoms with Crippen molar-refractivity contribution >= 4 is 22.6 Å². The van der Waals surface area contributed by atoms with Crippen LogP contribution >= 0.6 is 11.6 Å². The van der Waals surface area contributed by atoms with Crippen LogP contribution < -0.4 is 0 Å². The number of aliphatic hydroxyl groups is 1. The fourth-order valence-electron chi connectivity index (χ4n) is 1.80. The van der Waals surface area contributed by atoms with Crippen molar-refractivity contribution < 1.29 is 5.11 Å². The normalized spacial score (nSPS) is 13.3. The molecule has 0 amide bonds. The molecule has 1 aromatic heterocycles. The van der Waals surface area contributed by atoms with Gasteiger partial charge in [-0.2, -0.15) is 0 Å². The second kappa shape index (κ2) is 3.83. The van der Waals surface area contributed by atoms with Crippen molar-refractivity contribution in [2.45, 2.75) is 26.5 Å². The number of para-hydroxylation sites is 1. The lowest BCUT2D eigenvalue weighted by molar-refractivity contribution is 0.185. The van der Waals surface area contributed by atoms with E-state index in [1.807, 2.05) is 29.7 Å². The van der Waals surface area contributed by atoms with Crippen LogP contribution in [0.5, 0.6) is 0 Å². The number of fused-ring (bicyclic) bond motifs is 1. The highest BCUT2D eigenvalue weighted by molar-refractivity contribution is 6.35. The van der Waals surface area contributed by atoms with E-state index < -0.39 is 6.10 Å². The molecule has 0 spiro atoms. The lowest BCUT2D eigenvalue weighted by Gasteiger charge is -2.08. The molecule has 80 valence electrons. The van der Waals surface area contributed by atoms with Crippen LogP contribution in [0.2, 0.25) is 5.02 Å². The van der Waals surface area contributed by atoms with Gasteiger partial charge in [0.2, 0.25) is 0 Å². The molecule has 0 aliphatic heterocycles. The van der Waals surface area contributed by atoms with E-state index in [9.17, 15) is 5.11 Å². The van der Waals surface area contributed by atoms with Crippen molar-refractivity contribution in [1.82, 2.24) is 9.55 Å². The highest BCUT2D eigenvalue weighted by atomic mass is 35.5. The quantitative estimate of drug-likeness (QED) is 0.852. The van der Waals surface area contributed by atoms with Crippen LogP contribution in [0.4, 0.5) is 0 Å². The van der Waals surface area contributed by atoms with Gasteiger partial charge >= 0.3 is 0 Å². The van der Waals surface area contributed by atoms with Crippen LogP contribution in [0.15, 0.2) is 18.2 Å². The Morgan fingerprint density at radius 3 is 2.87 bits per heavy atom. The summed E-state index contributed by atoms with van der Waals surface area (Å²) in [6.45, 7) is 4.47. The predicted molar refractivity (Wildman–Crippen MR) is 61.1 cm³/mol. The van der Waals surface area contributed by atoms with Crippen molar-refractivity contribution in [3.05, 3.63) is 29.0 Å². The van der Waals surface area contributed by atoms with E-state index >= 15 is 0 Å². The average Bonchev–Trinajstić information content (AvgIpc) is 2.57. The van der Waals surface area contributed by atoms with Crippen molar-refractivity contribution in [3.63, 3.8) is 0 Å². The molecule has 0 fully saturated rings. The molecule has 1 N–H and O–H groups in total. The van der Waals surface area contributed by atoms with Gasteiger partial charge in [-0.05, 0) is 26.0 Å². The van der Waals surface area contributed by atoms with Crippen LogP contribution in [0, 0.1) is 0 Å². The van der Waals surface area contributed by atoms with Gasteiger partial charge in [0.15, 0.2) is 0 Å². The molecule has 2 rings (SSSR count). The monoisotopic (exact) mass is 224 g/mol. The van der Waals surface area contributed by atoms with E-state index in [2.05, 4.69) is 4.98 Å². The first kappa shape index (κ1) is 10.5. The topological polar surface area (TPSA) is 38.0 Å². The predicted octanol–water partition coefficient (Wildman–Crippen LogP) is 2.76. The number of aromatic nitrogens is 2. The van der Waals surface area contributed by atoms with Crippen LogP contribution in [-0.4, -0.2) is 14.7 Å². The fourth-order valence-corrected chi connectivity index (χ4v) is 2.07. The molecule has 0 saturated heterocycles. The fraction of sp³-hybridized carbons (Fsp3) is 0.364. The van der Waals surface area contributed by atoms with Gasteiger partial charge in [0.1, 0.15) is 11.9 Å². The Morgan fingerprint density at radius 2 is 2.27 bits per heavy atom. The molecule has 0 aliphatic rings. The van der Waals surface area contributed by atoms with Gasteiger partial charge in [-0.25, -0.2) is 4.98 Å². The first-order valence-electron chi connectivity index (χ1n) is 4.97. The number of hydrogen-bond acceptors (Lipinski definition) is 2. The summed E-state index contributed by atoms with van der Waals surface area (Å²) in [6, 6.07) is 5.60. The Kier molecular flexibility index (Phi) is 2.67. The van der Waals surface area contributed by atoms with Gasteiger partial charge in [-0.3, -0.25) is 0 Å². The SMILES string of the molecule is CCn1c([C@H](C)O)nc2cccc(Cl)c21. The van der Waals surface area contributed by atoms with Crippen LogP contribution in [0.1, 0.15) is 25.8 Å². The molecule has 4 heteroatoms. The molecule has 3 nitrogen and oxygen atoms in total. The minimum atomic E-state index is -0.576. The minimum absolute atomic E-state index is 0.576. The maximum atomic E-state index is 9.60. The second-order valence-electron chi connectivity index (χ2n) is 3.50. The van der Waals surface area contributed by atoms with Gasteiger partial charge in [0.25, 0.3) is 0 Å². The van der Waals surface area contributed by atoms with Crippen molar-refractivity contribution in [2.75, 3.05) is 0 Å². The zero-order valence-electron chi connectivity index (χ0n) is 8.74. The molecule has 15 heavy (non-hydrogen) atoms. The van der Waals surface area contributed by atoms with Gasteiger partial charge in [0, 0.05) is 6.54 Å². The summed E-state index contributed by atoms with van der Waals surface area (Å²) in [6.07, 6.45) is -0.576. The Labute approximate surface area is 93.3 Å². The third-order valence-corrected chi connectivity index (χ3v) is 2.74. The summed E-state index contributed by atoms with van der Waals surface area (Å²) in [5.41, 5.74) is 1.73. The van der Waals surface area contributed by atoms with E-state index in [1.54, 1.807) is 6.92 Å². The minimum Gasteiger partial charge on any atom is -0.385 e. The van der Waals surface area contributed by atoms with Crippen LogP contribution in [-0.2, 0) is 6.54 Å². The van der Waals surface area contributed by atoms with Crippen LogP contribution in [0.3, 0.4) is 0 Å². The molecule has 0 unspecified atom stereocenters. The molecule has 0 radical (unpaired) electrons. The van der Waals surface area contributed by atoms with Gasteiger partial charge < -0.3 is 9.67 Å². The molecule has 1 aromatic carbocycles. The van der Waals surface area contributed by atoms with E-state index in [4.69, 9.17) is 11.6 Å².